The summed E-state index contributed by atoms with van der Waals surface area (Å²) in [5.74, 6) is 1.15. The van der Waals surface area contributed by atoms with Crippen molar-refractivity contribution in [2.75, 3.05) is 5.32 Å². The van der Waals surface area contributed by atoms with E-state index in [0.717, 1.165) is 46.5 Å². The van der Waals surface area contributed by atoms with Crippen LogP contribution in [-0.4, -0.2) is 27.3 Å². The van der Waals surface area contributed by atoms with E-state index in [-0.39, 0.29) is 6.10 Å². The second-order valence-corrected chi connectivity index (χ2v) is 10.3. The molecule has 0 atom stereocenters. The van der Waals surface area contributed by atoms with Crippen molar-refractivity contribution in [1.29, 1.82) is 0 Å². The minimum Gasteiger partial charge on any atom is -0.481 e. The fourth-order valence-electron chi connectivity index (χ4n) is 5.39. The third-order valence-corrected chi connectivity index (χ3v) is 7.76. The third-order valence-electron chi connectivity index (χ3n) is 7.76. The van der Waals surface area contributed by atoms with Crippen LogP contribution in [0.3, 0.4) is 0 Å². The van der Waals surface area contributed by atoms with Crippen molar-refractivity contribution in [3.63, 3.8) is 0 Å². The lowest BCUT2D eigenvalue weighted by atomic mass is 9.92. The van der Waals surface area contributed by atoms with Crippen LogP contribution in [0.1, 0.15) is 56.2 Å². The SMILES string of the molecule is Cc1noc(-c2ccccc2-c2ccc(C3(C(=O)O)CC3)cc2)c1Nc1cccc(OC2CCCCC2)n1. The fourth-order valence-corrected chi connectivity index (χ4v) is 5.39. The van der Waals surface area contributed by atoms with Gasteiger partial charge in [-0.3, -0.25) is 4.79 Å². The average molecular weight is 510 g/mol. The molecule has 0 unspecified atom stereocenters. The summed E-state index contributed by atoms with van der Waals surface area (Å²) in [5, 5.41) is 17.3. The Bertz CT molecular complexity index is 1450. The molecule has 194 valence electrons. The Kier molecular flexibility index (Phi) is 6.35. The number of ether oxygens (including phenoxy) is 1. The van der Waals surface area contributed by atoms with E-state index in [4.69, 9.17) is 14.2 Å². The second kappa shape index (κ2) is 9.97. The largest absolute Gasteiger partial charge is 0.481 e. The summed E-state index contributed by atoms with van der Waals surface area (Å²) in [6.07, 6.45) is 7.43. The Hall–Kier alpha value is -4.13. The molecule has 2 aromatic heterocycles. The van der Waals surface area contributed by atoms with Crippen LogP contribution in [0.25, 0.3) is 22.5 Å². The molecule has 0 aliphatic heterocycles. The lowest BCUT2D eigenvalue weighted by molar-refractivity contribution is -0.140. The molecule has 2 saturated carbocycles. The number of carboxylic acid groups (broad SMARTS) is 1. The highest BCUT2D eigenvalue weighted by molar-refractivity contribution is 5.89. The number of nitrogens with zero attached hydrogens (tertiary/aromatic N) is 2. The number of hydrogen-bond donors (Lipinski definition) is 2. The number of aliphatic carboxylic acids is 1. The van der Waals surface area contributed by atoms with Gasteiger partial charge in [-0.2, -0.15) is 4.98 Å². The molecule has 7 nitrogen and oxygen atoms in total. The second-order valence-electron chi connectivity index (χ2n) is 10.3. The minimum atomic E-state index is -0.750. The number of aromatic nitrogens is 2. The molecule has 6 rings (SSSR count). The zero-order valence-electron chi connectivity index (χ0n) is 21.4. The summed E-state index contributed by atoms with van der Waals surface area (Å²) in [6, 6.07) is 21.6. The molecular formula is C31H31N3O4. The van der Waals surface area contributed by atoms with E-state index >= 15 is 0 Å². The van der Waals surface area contributed by atoms with Gasteiger partial charge < -0.3 is 19.7 Å². The number of aryl methyl sites for hydroxylation is 1. The van der Waals surface area contributed by atoms with Gasteiger partial charge in [-0.05, 0) is 68.2 Å². The van der Waals surface area contributed by atoms with Crippen LogP contribution in [0, 0.1) is 6.92 Å². The van der Waals surface area contributed by atoms with Gasteiger partial charge in [0.15, 0.2) is 5.76 Å². The maximum Gasteiger partial charge on any atom is 0.314 e. The van der Waals surface area contributed by atoms with Crippen LogP contribution in [0.5, 0.6) is 5.88 Å². The maximum atomic E-state index is 11.7. The number of hydrogen-bond acceptors (Lipinski definition) is 6. The summed E-state index contributed by atoms with van der Waals surface area (Å²) >= 11 is 0. The van der Waals surface area contributed by atoms with Gasteiger partial charge >= 0.3 is 5.97 Å². The predicted octanol–water partition coefficient (Wildman–Crippen LogP) is 7.28. The zero-order chi connectivity index (χ0) is 26.1. The first kappa shape index (κ1) is 24.2. The number of anilines is 2. The molecule has 0 saturated heterocycles. The van der Waals surface area contributed by atoms with E-state index in [9.17, 15) is 9.90 Å². The monoisotopic (exact) mass is 509 g/mol. The van der Waals surface area contributed by atoms with Crippen LogP contribution in [0.4, 0.5) is 11.5 Å². The van der Waals surface area contributed by atoms with E-state index < -0.39 is 11.4 Å². The van der Waals surface area contributed by atoms with Crippen molar-refractivity contribution in [3.05, 3.63) is 78.0 Å². The van der Waals surface area contributed by atoms with Crippen LogP contribution in [0.15, 0.2) is 71.3 Å². The van der Waals surface area contributed by atoms with Crippen molar-refractivity contribution < 1.29 is 19.2 Å². The number of nitrogens with one attached hydrogen (secondary N) is 1. The molecule has 2 fully saturated rings. The summed E-state index contributed by atoms with van der Waals surface area (Å²) < 4.78 is 12.0. The van der Waals surface area contributed by atoms with Gasteiger partial charge in [0.05, 0.1) is 5.41 Å². The Morgan fingerprint density at radius 1 is 0.974 bits per heavy atom. The third kappa shape index (κ3) is 4.64. The zero-order valence-corrected chi connectivity index (χ0v) is 21.4. The highest BCUT2D eigenvalue weighted by Crippen LogP contribution is 2.49. The number of carboxylic acids is 1. The first-order valence-corrected chi connectivity index (χ1v) is 13.3. The summed E-state index contributed by atoms with van der Waals surface area (Å²) in [7, 11) is 0. The molecule has 0 radical (unpaired) electrons. The molecule has 2 aliphatic carbocycles. The first-order chi connectivity index (χ1) is 18.5. The van der Waals surface area contributed by atoms with E-state index in [1.54, 1.807) is 0 Å². The van der Waals surface area contributed by atoms with E-state index in [0.29, 0.717) is 30.3 Å². The maximum absolute atomic E-state index is 11.7. The normalized spacial score (nSPS) is 16.7. The van der Waals surface area contributed by atoms with Gasteiger partial charge in [0.1, 0.15) is 23.3 Å². The van der Waals surface area contributed by atoms with Crippen molar-refractivity contribution in [2.45, 2.75) is 63.4 Å². The lowest BCUT2D eigenvalue weighted by Gasteiger charge is -2.22. The molecule has 7 heteroatoms. The van der Waals surface area contributed by atoms with Gasteiger partial charge in [0, 0.05) is 11.6 Å². The molecule has 2 N–H and O–H groups in total. The fraction of sp³-hybridized carbons (Fsp3) is 0.323. The Morgan fingerprint density at radius 3 is 2.42 bits per heavy atom. The number of carbonyl (C=O) groups is 1. The Morgan fingerprint density at radius 2 is 1.71 bits per heavy atom. The standard InChI is InChI=1S/C31H31N3O4/c1-20-28(33-26-12-7-13-27(32-26)37-23-8-3-2-4-9-23)29(38-34-20)25-11-6-5-10-24(25)21-14-16-22(17-15-21)31(18-19-31)30(35)36/h5-7,10-17,23H,2-4,8-9,18-19H2,1H3,(H,32,33)(H,35,36). The number of benzene rings is 2. The van der Waals surface area contributed by atoms with Crippen LogP contribution >= 0.6 is 0 Å². The summed E-state index contributed by atoms with van der Waals surface area (Å²) in [4.78, 5) is 16.4. The number of rotatable bonds is 8. The molecule has 2 aromatic carbocycles. The highest BCUT2D eigenvalue weighted by Gasteiger charge is 2.51. The van der Waals surface area contributed by atoms with Crippen molar-refractivity contribution in [3.8, 4) is 28.3 Å². The van der Waals surface area contributed by atoms with Crippen LogP contribution in [0.2, 0.25) is 0 Å². The first-order valence-electron chi connectivity index (χ1n) is 13.3. The smallest absolute Gasteiger partial charge is 0.314 e. The molecule has 0 amide bonds. The quantitative estimate of drug-likeness (QED) is 0.257. The van der Waals surface area contributed by atoms with Crippen LogP contribution < -0.4 is 10.1 Å². The van der Waals surface area contributed by atoms with Crippen molar-refractivity contribution in [2.24, 2.45) is 0 Å². The predicted molar refractivity (Wildman–Crippen MR) is 146 cm³/mol. The summed E-state index contributed by atoms with van der Waals surface area (Å²) in [5.41, 5.74) is 4.44. The molecule has 4 aromatic rings. The van der Waals surface area contributed by atoms with Gasteiger partial charge in [0.2, 0.25) is 5.88 Å². The lowest BCUT2D eigenvalue weighted by Crippen LogP contribution is -2.20. The van der Waals surface area contributed by atoms with Gasteiger partial charge in [-0.25, -0.2) is 0 Å². The molecule has 2 aliphatic rings. The topological polar surface area (TPSA) is 97.5 Å². The van der Waals surface area contributed by atoms with Gasteiger partial charge in [-0.15, -0.1) is 0 Å². The molecule has 2 heterocycles. The highest BCUT2D eigenvalue weighted by atomic mass is 16.5. The van der Waals surface area contributed by atoms with E-state index in [1.165, 1.54) is 19.3 Å². The Balaban J connectivity index is 1.28. The molecule has 38 heavy (non-hydrogen) atoms. The number of pyridine rings is 1. The summed E-state index contributed by atoms with van der Waals surface area (Å²) in [6.45, 7) is 1.90. The van der Waals surface area contributed by atoms with E-state index in [1.807, 2.05) is 73.7 Å². The molecular weight excluding hydrogens is 478 g/mol. The van der Waals surface area contributed by atoms with Gasteiger partial charge in [-0.1, -0.05) is 66.2 Å². The van der Waals surface area contributed by atoms with Crippen molar-refractivity contribution >= 4 is 17.5 Å². The minimum absolute atomic E-state index is 0.225. The van der Waals surface area contributed by atoms with E-state index in [2.05, 4.69) is 10.5 Å². The molecule has 0 spiro atoms. The Labute approximate surface area is 221 Å². The van der Waals surface area contributed by atoms with Gasteiger partial charge in [0.25, 0.3) is 0 Å². The average Bonchev–Trinajstić information content (AvgIpc) is 3.69. The van der Waals surface area contributed by atoms with Crippen LogP contribution in [-0.2, 0) is 10.2 Å². The molecule has 0 bridgehead atoms. The van der Waals surface area contributed by atoms with Crippen molar-refractivity contribution in [1.82, 2.24) is 10.1 Å².